The van der Waals surface area contributed by atoms with Crippen molar-refractivity contribution in [1.82, 2.24) is 0 Å². The first kappa shape index (κ1) is 32.5. The molecule has 0 fully saturated rings. The number of ether oxygens (including phenoxy) is 2. The van der Waals surface area contributed by atoms with Gasteiger partial charge < -0.3 is 21.8 Å². The molecule has 10 heteroatoms. The molecule has 0 spiro atoms. The van der Waals surface area contributed by atoms with Crippen LogP contribution >= 0.6 is 0 Å². The molecule has 0 heterocycles. The Morgan fingerprint density at radius 2 is 1.36 bits per heavy atom. The summed E-state index contributed by atoms with van der Waals surface area (Å²) in [5, 5.41) is 1.08. The standard InChI is InChI=1S/C26H46O6Si4/c1-22(2)24(5)28-19-16-20-33(6,7)31-36(12,25-17-14-13-15-18-25)32-35(10,11)30-34(8,9)21-29-26(27)23(3)4/h13-15,17-18H,1,3,5,16,19-21H2,2,4,6-12H3. The quantitative estimate of drug-likeness (QED) is 0.0586. The van der Waals surface area contributed by atoms with E-state index in [1.807, 2.05) is 51.3 Å². The van der Waals surface area contributed by atoms with Crippen LogP contribution in [0.3, 0.4) is 0 Å². The fraction of sp³-hybridized carbons (Fsp3) is 0.500. The maximum absolute atomic E-state index is 11.9. The maximum atomic E-state index is 11.9. The minimum absolute atomic E-state index is 0.249. The summed E-state index contributed by atoms with van der Waals surface area (Å²) < 4.78 is 31.6. The first-order chi connectivity index (χ1) is 16.4. The molecule has 0 radical (unpaired) electrons. The van der Waals surface area contributed by atoms with Gasteiger partial charge in [0.25, 0.3) is 0 Å². The number of esters is 1. The zero-order valence-corrected chi connectivity index (χ0v) is 27.8. The van der Waals surface area contributed by atoms with Crippen molar-refractivity contribution < 1.29 is 26.6 Å². The molecular weight excluding hydrogens is 521 g/mol. The highest BCUT2D eigenvalue weighted by Crippen LogP contribution is 2.26. The third-order valence-electron chi connectivity index (χ3n) is 5.31. The van der Waals surface area contributed by atoms with Crippen molar-refractivity contribution >= 4 is 44.9 Å². The predicted molar refractivity (Wildman–Crippen MR) is 158 cm³/mol. The fourth-order valence-corrected chi connectivity index (χ4v) is 22.1. The topological polar surface area (TPSA) is 63.2 Å². The van der Waals surface area contributed by atoms with Gasteiger partial charge in [-0.15, -0.1) is 0 Å². The Labute approximate surface area is 223 Å². The molecule has 6 nitrogen and oxygen atoms in total. The Morgan fingerprint density at radius 1 is 0.778 bits per heavy atom. The van der Waals surface area contributed by atoms with E-state index >= 15 is 0 Å². The zero-order valence-electron chi connectivity index (χ0n) is 23.8. The van der Waals surface area contributed by atoms with Gasteiger partial charge in [0.1, 0.15) is 12.0 Å². The minimum Gasteiger partial charge on any atom is -0.494 e. The lowest BCUT2D eigenvalue weighted by Crippen LogP contribution is -2.63. The zero-order chi connectivity index (χ0) is 27.8. The number of carbonyl (C=O) groups excluding carboxylic acids is 1. The van der Waals surface area contributed by atoms with E-state index in [1.54, 1.807) is 6.92 Å². The van der Waals surface area contributed by atoms with E-state index in [-0.39, 0.29) is 6.23 Å². The van der Waals surface area contributed by atoms with Crippen molar-refractivity contribution in [2.24, 2.45) is 0 Å². The largest absolute Gasteiger partial charge is 0.494 e. The van der Waals surface area contributed by atoms with Gasteiger partial charge in [0.05, 0.1) is 6.61 Å². The molecule has 0 bridgehead atoms. The Morgan fingerprint density at radius 3 is 1.89 bits per heavy atom. The van der Waals surface area contributed by atoms with Crippen molar-refractivity contribution in [1.29, 1.82) is 0 Å². The molecule has 1 unspecified atom stereocenters. The van der Waals surface area contributed by atoms with E-state index in [0.29, 0.717) is 17.9 Å². The maximum Gasteiger partial charge on any atom is 0.350 e. The van der Waals surface area contributed by atoms with Crippen molar-refractivity contribution in [2.45, 2.75) is 72.1 Å². The van der Waals surface area contributed by atoms with Crippen LogP contribution in [0.2, 0.25) is 51.9 Å². The van der Waals surface area contributed by atoms with E-state index in [1.165, 1.54) is 0 Å². The highest BCUT2D eigenvalue weighted by atomic mass is 28.5. The first-order valence-corrected chi connectivity index (χ1v) is 23.7. The number of hydrogen-bond acceptors (Lipinski definition) is 6. The summed E-state index contributed by atoms with van der Waals surface area (Å²) in [4.78, 5) is 11.9. The minimum atomic E-state index is -2.83. The second-order valence-corrected chi connectivity index (χ2v) is 26.6. The van der Waals surface area contributed by atoms with Crippen molar-refractivity contribution in [3.05, 3.63) is 67.0 Å². The van der Waals surface area contributed by atoms with Gasteiger partial charge in [-0.25, -0.2) is 4.79 Å². The van der Waals surface area contributed by atoms with Crippen LogP contribution in [0.5, 0.6) is 0 Å². The van der Waals surface area contributed by atoms with E-state index in [4.69, 9.17) is 21.8 Å². The predicted octanol–water partition coefficient (Wildman–Crippen LogP) is 6.28. The average molecular weight is 567 g/mol. The SMILES string of the molecule is C=C(C)C(=C)OCCC[Si](C)(C)O[Si](C)(O[Si](C)(C)O[Si](C)(C)COC(=O)C(=C)C)c1ccccc1. The van der Waals surface area contributed by atoms with Crippen molar-refractivity contribution in [2.75, 3.05) is 12.8 Å². The molecule has 1 rings (SSSR count). The molecule has 0 aliphatic rings. The van der Waals surface area contributed by atoms with Crippen molar-refractivity contribution in [3.8, 4) is 0 Å². The van der Waals surface area contributed by atoms with Gasteiger partial charge >= 0.3 is 23.1 Å². The van der Waals surface area contributed by atoms with Gasteiger partial charge in [-0.1, -0.05) is 50.1 Å². The Kier molecular flexibility index (Phi) is 12.0. The second kappa shape index (κ2) is 13.3. The molecule has 0 aliphatic heterocycles. The van der Waals surface area contributed by atoms with Gasteiger partial charge in [-0.2, -0.15) is 0 Å². The van der Waals surface area contributed by atoms with Crippen molar-refractivity contribution in [3.63, 3.8) is 0 Å². The Hall–Kier alpha value is -1.54. The van der Waals surface area contributed by atoms with E-state index < -0.39 is 39.7 Å². The Bertz CT molecular complexity index is 930. The van der Waals surface area contributed by atoms with Crippen LogP contribution in [0.15, 0.2) is 67.0 Å². The summed E-state index contributed by atoms with van der Waals surface area (Å²) in [5.41, 5.74) is 1.22. The van der Waals surface area contributed by atoms with Gasteiger partial charge in [-0.3, -0.25) is 0 Å². The lowest BCUT2D eigenvalue weighted by Gasteiger charge is -2.42. The number of allylic oxidation sites excluding steroid dienone is 1. The molecule has 0 saturated carbocycles. The number of rotatable bonds is 16. The molecule has 202 valence electrons. The molecular formula is C26H46O6Si4. The normalized spacial score (nSPS) is 14.0. The fourth-order valence-electron chi connectivity index (χ4n) is 3.82. The molecule has 1 aromatic carbocycles. The number of carbonyl (C=O) groups is 1. The number of hydrogen-bond donors (Lipinski definition) is 0. The van der Waals surface area contributed by atoms with Crippen LogP contribution < -0.4 is 5.19 Å². The smallest absolute Gasteiger partial charge is 0.350 e. The lowest BCUT2D eigenvalue weighted by molar-refractivity contribution is -0.137. The van der Waals surface area contributed by atoms with Gasteiger partial charge in [0.15, 0.2) is 8.32 Å². The summed E-state index contributed by atoms with van der Waals surface area (Å²) in [6.45, 7) is 30.3. The summed E-state index contributed by atoms with van der Waals surface area (Å²) in [6, 6.07) is 11.1. The summed E-state index contributed by atoms with van der Waals surface area (Å²) in [7, 11) is -9.97. The molecule has 0 saturated heterocycles. The average Bonchev–Trinajstić information content (AvgIpc) is 2.73. The van der Waals surface area contributed by atoms with Gasteiger partial charge in [0.2, 0.25) is 8.32 Å². The summed E-state index contributed by atoms with van der Waals surface area (Å²) in [6.07, 6.45) is 1.12. The molecule has 0 aromatic heterocycles. The van der Waals surface area contributed by atoms with Crippen LogP contribution in [0.4, 0.5) is 0 Å². The van der Waals surface area contributed by atoms with Crippen LogP contribution in [-0.2, 0) is 26.6 Å². The molecule has 1 atom stereocenters. The Balaban J connectivity index is 3.00. The highest BCUT2D eigenvalue weighted by molar-refractivity contribution is 6.95. The first-order valence-electron chi connectivity index (χ1n) is 12.3. The van der Waals surface area contributed by atoms with Crippen LogP contribution in [-0.4, -0.2) is 52.6 Å². The molecule has 0 N–H and O–H groups in total. The lowest BCUT2D eigenvalue weighted by atomic mass is 10.3. The molecule has 36 heavy (non-hydrogen) atoms. The van der Waals surface area contributed by atoms with Crippen LogP contribution in [0.25, 0.3) is 0 Å². The second-order valence-electron chi connectivity index (χ2n) is 11.0. The third-order valence-corrected chi connectivity index (χ3v) is 20.6. The van der Waals surface area contributed by atoms with Crippen LogP contribution in [0, 0.1) is 0 Å². The summed E-state index contributed by atoms with van der Waals surface area (Å²) >= 11 is 0. The molecule has 0 aliphatic carbocycles. The monoisotopic (exact) mass is 566 g/mol. The molecule has 1 aromatic rings. The highest BCUT2D eigenvalue weighted by Gasteiger charge is 2.47. The van der Waals surface area contributed by atoms with E-state index in [0.717, 1.165) is 23.2 Å². The van der Waals surface area contributed by atoms with Gasteiger partial charge in [-0.05, 0) is 82.9 Å². The third kappa shape index (κ3) is 11.7. The number of benzene rings is 1. The van der Waals surface area contributed by atoms with Crippen LogP contribution in [0.1, 0.15) is 20.3 Å². The molecule has 0 amide bonds. The van der Waals surface area contributed by atoms with E-state index in [9.17, 15) is 4.79 Å². The summed E-state index contributed by atoms with van der Waals surface area (Å²) in [5.74, 6) is 0.239. The van der Waals surface area contributed by atoms with Gasteiger partial charge in [0, 0.05) is 5.57 Å². The van der Waals surface area contributed by atoms with E-state index in [2.05, 4.69) is 51.5 Å².